The quantitative estimate of drug-likeness (QED) is 0.476. The number of H-pyrrole nitrogens is 1. The molecule has 4 aromatic rings. The van der Waals surface area contributed by atoms with E-state index >= 15 is 0 Å². The first kappa shape index (κ1) is 20.3. The Morgan fingerprint density at radius 3 is 2.70 bits per heavy atom. The van der Waals surface area contributed by atoms with E-state index in [1.807, 2.05) is 48.5 Å². The van der Waals surface area contributed by atoms with Crippen LogP contribution in [0.5, 0.6) is 5.88 Å². The van der Waals surface area contributed by atoms with Crippen molar-refractivity contribution < 1.29 is 14.2 Å². The monoisotopic (exact) mass is 461 g/mol. The molecular formula is C24H20ClN5O3. The molecule has 2 fully saturated rings. The predicted octanol–water partition coefficient (Wildman–Crippen LogP) is 4.18. The van der Waals surface area contributed by atoms with Crippen molar-refractivity contribution >= 4 is 11.6 Å². The normalized spacial score (nSPS) is 21.8. The lowest BCUT2D eigenvalue weighted by Gasteiger charge is -2.17. The average Bonchev–Trinajstić information content (AvgIpc) is 3.59. The maximum atomic E-state index is 6.07. The molecule has 0 saturated carbocycles. The third-order valence-corrected chi connectivity index (χ3v) is 6.06. The lowest BCUT2D eigenvalue weighted by atomic mass is 10.1. The third kappa shape index (κ3) is 4.08. The molecule has 5 heterocycles. The first-order valence-corrected chi connectivity index (χ1v) is 11.1. The van der Waals surface area contributed by atoms with Crippen LogP contribution in [0.4, 0.5) is 0 Å². The molecule has 8 nitrogen and oxygen atoms in total. The van der Waals surface area contributed by atoms with E-state index < -0.39 is 0 Å². The number of halogens is 1. The van der Waals surface area contributed by atoms with Crippen LogP contribution in [0.2, 0.25) is 5.02 Å². The highest BCUT2D eigenvalue weighted by molar-refractivity contribution is 6.30. The highest BCUT2D eigenvalue weighted by Gasteiger charge is 2.43. The van der Waals surface area contributed by atoms with E-state index in [1.54, 1.807) is 12.4 Å². The number of aromatic nitrogens is 5. The Morgan fingerprint density at radius 2 is 1.88 bits per heavy atom. The zero-order chi connectivity index (χ0) is 22.2. The van der Waals surface area contributed by atoms with Gasteiger partial charge in [-0.1, -0.05) is 23.7 Å². The maximum Gasteiger partial charge on any atom is 0.213 e. The maximum absolute atomic E-state index is 6.07. The van der Waals surface area contributed by atoms with Gasteiger partial charge in [0.25, 0.3) is 0 Å². The van der Waals surface area contributed by atoms with Crippen LogP contribution in [-0.4, -0.2) is 56.7 Å². The Balaban J connectivity index is 1.15. The second kappa shape index (κ2) is 8.55. The molecular weight excluding hydrogens is 442 g/mol. The molecule has 9 heteroatoms. The summed E-state index contributed by atoms with van der Waals surface area (Å²) in [5, 5.41) is 7.91. The van der Waals surface area contributed by atoms with Crippen LogP contribution < -0.4 is 4.74 Å². The molecule has 2 aliphatic heterocycles. The van der Waals surface area contributed by atoms with Gasteiger partial charge in [0.1, 0.15) is 6.10 Å². The summed E-state index contributed by atoms with van der Waals surface area (Å²) < 4.78 is 17.4. The molecule has 2 saturated heterocycles. The summed E-state index contributed by atoms with van der Waals surface area (Å²) in [5.41, 5.74) is 3.37. The number of benzene rings is 1. The average molecular weight is 462 g/mol. The number of hydrogen-bond acceptors (Lipinski definition) is 7. The molecule has 6 rings (SSSR count). The first-order chi connectivity index (χ1) is 16.2. The molecule has 0 spiro atoms. The molecule has 0 radical (unpaired) electrons. The molecule has 0 bridgehead atoms. The van der Waals surface area contributed by atoms with Crippen molar-refractivity contribution in [3.8, 4) is 39.9 Å². The van der Waals surface area contributed by atoms with Gasteiger partial charge in [-0.05, 0) is 36.8 Å². The van der Waals surface area contributed by atoms with Gasteiger partial charge in [-0.15, -0.1) is 0 Å². The second-order valence-corrected chi connectivity index (χ2v) is 8.42. The Bertz CT molecular complexity index is 1260. The van der Waals surface area contributed by atoms with E-state index in [1.165, 1.54) is 0 Å². The van der Waals surface area contributed by atoms with Gasteiger partial charge < -0.3 is 14.2 Å². The van der Waals surface area contributed by atoms with Crippen molar-refractivity contribution in [2.45, 2.75) is 24.7 Å². The van der Waals surface area contributed by atoms with Crippen molar-refractivity contribution in [1.29, 1.82) is 0 Å². The summed E-state index contributed by atoms with van der Waals surface area (Å²) >= 11 is 6.07. The molecule has 166 valence electrons. The van der Waals surface area contributed by atoms with E-state index in [9.17, 15) is 0 Å². The van der Waals surface area contributed by atoms with Gasteiger partial charge in [-0.3, -0.25) is 10.1 Å². The summed E-state index contributed by atoms with van der Waals surface area (Å²) in [4.78, 5) is 13.6. The van der Waals surface area contributed by atoms with Crippen LogP contribution in [0.15, 0.2) is 60.9 Å². The zero-order valence-electron chi connectivity index (χ0n) is 17.5. The standard InChI is InChI=1S/C24H20ClN5O3/c25-17-3-1-2-14(10-17)23-28-24(30-29-23)16-4-6-18(26-12-16)15-5-7-21(27-11-15)33-20-13-32-19-8-9-31-22(19)20/h1-7,10-12,19-20,22H,8-9,13H2,(H,28,29,30). The number of fused-ring (bicyclic) bond motifs is 1. The fourth-order valence-electron chi connectivity index (χ4n) is 4.14. The van der Waals surface area contributed by atoms with Crippen LogP contribution >= 0.6 is 11.6 Å². The minimum absolute atomic E-state index is 0.00395. The highest BCUT2D eigenvalue weighted by Crippen LogP contribution is 2.30. The van der Waals surface area contributed by atoms with Crippen molar-refractivity contribution in [2.24, 2.45) is 0 Å². The Hall–Kier alpha value is -3.33. The minimum Gasteiger partial charge on any atom is -0.469 e. The van der Waals surface area contributed by atoms with Gasteiger partial charge in [0.15, 0.2) is 17.8 Å². The van der Waals surface area contributed by atoms with Crippen molar-refractivity contribution in [1.82, 2.24) is 25.1 Å². The van der Waals surface area contributed by atoms with E-state index in [2.05, 4.69) is 25.1 Å². The SMILES string of the molecule is Clc1cccc(-c2nc(-c3ccc(-c4ccc(OC5COC6CCOC65)nc4)nc3)n[nH]2)c1. The van der Waals surface area contributed by atoms with E-state index in [-0.39, 0.29) is 18.3 Å². The number of nitrogens with one attached hydrogen (secondary N) is 1. The van der Waals surface area contributed by atoms with Crippen LogP contribution in [0.1, 0.15) is 6.42 Å². The van der Waals surface area contributed by atoms with Crippen LogP contribution in [-0.2, 0) is 9.47 Å². The Kier molecular flexibility index (Phi) is 5.26. The summed E-state index contributed by atoms with van der Waals surface area (Å²) in [6, 6.07) is 15.1. The number of rotatable bonds is 5. The number of ether oxygens (including phenoxy) is 3. The van der Waals surface area contributed by atoms with Crippen molar-refractivity contribution in [3.05, 3.63) is 65.9 Å². The summed E-state index contributed by atoms with van der Waals surface area (Å²) in [7, 11) is 0. The summed E-state index contributed by atoms with van der Waals surface area (Å²) in [6.45, 7) is 1.25. The molecule has 1 aromatic carbocycles. The number of pyridine rings is 2. The van der Waals surface area contributed by atoms with Gasteiger partial charge in [-0.25, -0.2) is 9.97 Å². The predicted molar refractivity (Wildman–Crippen MR) is 122 cm³/mol. The summed E-state index contributed by atoms with van der Waals surface area (Å²) in [5.74, 6) is 1.77. The molecule has 1 N–H and O–H groups in total. The van der Waals surface area contributed by atoms with Gasteiger partial charge in [0, 0.05) is 46.8 Å². The van der Waals surface area contributed by atoms with Crippen molar-refractivity contribution in [3.63, 3.8) is 0 Å². The van der Waals surface area contributed by atoms with Gasteiger partial charge in [0.2, 0.25) is 5.88 Å². The molecule has 2 aliphatic rings. The molecule has 33 heavy (non-hydrogen) atoms. The molecule has 0 amide bonds. The van der Waals surface area contributed by atoms with Gasteiger partial charge in [0.05, 0.1) is 18.4 Å². The number of nitrogens with zero attached hydrogens (tertiary/aromatic N) is 4. The Morgan fingerprint density at radius 1 is 0.970 bits per heavy atom. The molecule has 3 aromatic heterocycles. The van der Waals surface area contributed by atoms with Gasteiger partial charge in [-0.2, -0.15) is 5.10 Å². The van der Waals surface area contributed by atoms with Crippen LogP contribution in [0, 0.1) is 0 Å². The van der Waals surface area contributed by atoms with E-state index in [0.29, 0.717) is 29.2 Å². The highest BCUT2D eigenvalue weighted by atomic mass is 35.5. The topological polar surface area (TPSA) is 95.0 Å². The van der Waals surface area contributed by atoms with Crippen molar-refractivity contribution in [2.75, 3.05) is 13.2 Å². The molecule has 3 atom stereocenters. The van der Waals surface area contributed by atoms with E-state index in [4.69, 9.17) is 25.8 Å². The zero-order valence-corrected chi connectivity index (χ0v) is 18.3. The summed E-state index contributed by atoms with van der Waals surface area (Å²) in [6.07, 6.45) is 4.45. The van der Waals surface area contributed by atoms with Crippen LogP contribution in [0.25, 0.3) is 34.0 Å². The van der Waals surface area contributed by atoms with Gasteiger partial charge >= 0.3 is 0 Å². The Labute approximate surface area is 194 Å². The fourth-order valence-corrected chi connectivity index (χ4v) is 4.33. The second-order valence-electron chi connectivity index (χ2n) is 7.99. The first-order valence-electron chi connectivity index (χ1n) is 10.7. The lowest BCUT2D eigenvalue weighted by molar-refractivity contribution is 0.0289. The van der Waals surface area contributed by atoms with Crippen LogP contribution in [0.3, 0.4) is 0 Å². The lowest BCUT2D eigenvalue weighted by Crippen LogP contribution is -2.32. The fraction of sp³-hybridized carbons (Fsp3) is 0.250. The van der Waals surface area contributed by atoms with E-state index in [0.717, 1.165) is 35.4 Å². The molecule has 3 unspecified atom stereocenters. The molecule has 0 aliphatic carbocycles. The number of hydrogen-bond donors (Lipinski definition) is 1. The number of aromatic amines is 1. The minimum atomic E-state index is -0.119. The largest absolute Gasteiger partial charge is 0.469 e. The smallest absolute Gasteiger partial charge is 0.213 e. The third-order valence-electron chi connectivity index (χ3n) is 5.83.